The third kappa shape index (κ3) is 4.03. The second-order valence-corrected chi connectivity index (χ2v) is 8.99. The quantitative estimate of drug-likeness (QED) is 0.622. The Morgan fingerprint density at radius 1 is 1.12 bits per heavy atom. The number of thiazole rings is 1. The zero-order valence-electron chi connectivity index (χ0n) is 14.7. The first-order chi connectivity index (χ1) is 11.8. The number of aromatic nitrogens is 1. The maximum atomic E-state index is 13.0. The van der Waals surface area contributed by atoms with E-state index in [9.17, 15) is 4.79 Å². The van der Waals surface area contributed by atoms with Crippen LogP contribution in [0.25, 0.3) is 10.2 Å². The van der Waals surface area contributed by atoms with Gasteiger partial charge in [0.15, 0.2) is 5.13 Å². The number of amides is 1. The summed E-state index contributed by atoms with van der Waals surface area (Å²) in [5.74, 6) is -0.0498. The Labute approximate surface area is 160 Å². The fourth-order valence-corrected chi connectivity index (χ4v) is 4.49. The molecule has 2 heterocycles. The molecule has 2 aromatic heterocycles. The van der Waals surface area contributed by atoms with Crippen molar-refractivity contribution in [2.24, 2.45) is 0 Å². The minimum absolute atomic E-state index is 0.0498. The van der Waals surface area contributed by atoms with Gasteiger partial charge in [0.1, 0.15) is 0 Å². The van der Waals surface area contributed by atoms with Crippen LogP contribution in [0.4, 0.5) is 5.13 Å². The van der Waals surface area contributed by atoms with Crippen LogP contribution >= 0.6 is 34.3 Å². The highest BCUT2D eigenvalue weighted by Gasteiger charge is 2.23. The number of hydrogen-bond acceptors (Lipinski definition) is 5. The average molecular weight is 394 g/mol. The van der Waals surface area contributed by atoms with Crippen LogP contribution in [0, 0.1) is 13.8 Å². The van der Waals surface area contributed by atoms with E-state index < -0.39 is 0 Å². The third-order valence-electron chi connectivity index (χ3n) is 4.02. The van der Waals surface area contributed by atoms with Crippen molar-refractivity contribution in [2.45, 2.75) is 13.8 Å². The van der Waals surface area contributed by atoms with Crippen molar-refractivity contribution in [3.8, 4) is 0 Å². The molecule has 3 aromatic rings. The molecule has 132 valence electrons. The molecule has 0 aliphatic heterocycles. The van der Waals surface area contributed by atoms with E-state index in [-0.39, 0.29) is 5.91 Å². The van der Waals surface area contributed by atoms with Crippen LogP contribution < -0.4 is 4.90 Å². The number of halogens is 1. The lowest BCUT2D eigenvalue weighted by Gasteiger charge is -2.21. The summed E-state index contributed by atoms with van der Waals surface area (Å²) in [7, 11) is 3.99. The van der Waals surface area contributed by atoms with Gasteiger partial charge in [0.25, 0.3) is 5.91 Å². The Morgan fingerprint density at radius 2 is 1.84 bits per heavy atom. The molecule has 25 heavy (non-hydrogen) atoms. The molecule has 0 N–H and O–H groups in total. The Bertz CT molecular complexity index is 877. The van der Waals surface area contributed by atoms with Crippen LogP contribution in [-0.4, -0.2) is 43.0 Å². The van der Waals surface area contributed by atoms with Crippen molar-refractivity contribution in [1.82, 2.24) is 9.88 Å². The zero-order chi connectivity index (χ0) is 18.1. The molecule has 4 nitrogen and oxygen atoms in total. The van der Waals surface area contributed by atoms with Gasteiger partial charge >= 0.3 is 0 Å². The molecule has 0 unspecified atom stereocenters. The predicted molar refractivity (Wildman–Crippen MR) is 109 cm³/mol. The second kappa shape index (κ2) is 7.41. The van der Waals surface area contributed by atoms with E-state index in [1.54, 1.807) is 28.4 Å². The van der Waals surface area contributed by atoms with E-state index in [1.807, 2.05) is 14.1 Å². The molecule has 0 aliphatic rings. The second-order valence-electron chi connectivity index (χ2n) is 6.26. The summed E-state index contributed by atoms with van der Waals surface area (Å²) in [5, 5.41) is 0.733. The van der Waals surface area contributed by atoms with Crippen molar-refractivity contribution >= 4 is 55.5 Å². The lowest BCUT2D eigenvalue weighted by molar-refractivity contribution is 0.0989. The predicted octanol–water partition coefficient (Wildman–Crippen LogP) is 4.84. The van der Waals surface area contributed by atoms with Gasteiger partial charge in [0.2, 0.25) is 0 Å². The molecule has 0 atom stereocenters. The molecule has 0 saturated carbocycles. The van der Waals surface area contributed by atoms with Crippen molar-refractivity contribution in [3.63, 3.8) is 0 Å². The molecule has 0 bridgehead atoms. The highest BCUT2D eigenvalue weighted by Crippen LogP contribution is 2.32. The molecule has 0 fully saturated rings. The third-order valence-corrected chi connectivity index (χ3v) is 6.28. The molecular weight excluding hydrogens is 374 g/mol. The van der Waals surface area contributed by atoms with Crippen molar-refractivity contribution in [3.05, 3.63) is 44.6 Å². The smallest absolute Gasteiger partial charge is 0.270 e. The van der Waals surface area contributed by atoms with Gasteiger partial charge in [0.05, 0.1) is 19.4 Å². The number of anilines is 1. The number of aryl methyl sites for hydroxylation is 2. The summed E-state index contributed by atoms with van der Waals surface area (Å²) in [6.45, 7) is 5.52. The number of rotatable bonds is 5. The summed E-state index contributed by atoms with van der Waals surface area (Å²) in [4.78, 5) is 22.2. The van der Waals surface area contributed by atoms with Crippen molar-refractivity contribution < 1.29 is 4.79 Å². The lowest BCUT2D eigenvalue weighted by atomic mass is 10.1. The van der Waals surface area contributed by atoms with Gasteiger partial charge in [-0.2, -0.15) is 0 Å². The summed E-state index contributed by atoms with van der Waals surface area (Å²) in [6.07, 6.45) is 0. The first-order valence-electron chi connectivity index (χ1n) is 7.95. The maximum absolute atomic E-state index is 13.0. The number of carbonyl (C=O) groups is 1. The number of hydrogen-bond donors (Lipinski definition) is 0. The van der Waals surface area contributed by atoms with Gasteiger partial charge in [-0.05, 0) is 63.3 Å². The standard InChI is InChI=1S/C18H20ClN3OS2/c1-11-9-13-15(10-12(11)2)25-18(20-13)22(8-7-21(3)4)17(23)14-5-6-16(19)24-14/h5-6,9-10H,7-8H2,1-4H3. The van der Waals surface area contributed by atoms with Gasteiger partial charge in [-0.15, -0.1) is 11.3 Å². The number of carbonyl (C=O) groups excluding carboxylic acids is 1. The highest BCUT2D eigenvalue weighted by molar-refractivity contribution is 7.22. The maximum Gasteiger partial charge on any atom is 0.270 e. The molecule has 0 spiro atoms. The zero-order valence-corrected chi connectivity index (χ0v) is 17.1. The van der Waals surface area contributed by atoms with Crippen LogP contribution in [0.15, 0.2) is 24.3 Å². The van der Waals surface area contributed by atoms with Crippen LogP contribution in [0.5, 0.6) is 0 Å². The summed E-state index contributed by atoms with van der Waals surface area (Å²) in [5.41, 5.74) is 3.38. The SMILES string of the molecule is Cc1cc2nc(N(CCN(C)C)C(=O)c3ccc(Cl)s3)sc2cc1C. The number of likely N-dealkylation sites (N-methyl/N-ethyl adjacent to an activating group) is 1. The van der Waals surface area contributed by atoms with Crippen LogP contribution in [0.2, 0.25) is 4.34 Å². The number of fused-ring (bicyclic) bond motifs is 1. The topological polar surface area (TPSA) is 36.4 Å². The largest absolute Gasteiger partial charge is 0.308 e. The lowest BCUT2D eigenvalue weighted by Crippen LogP contribution is -2.36. The molecule has 3 rings (SSSR count). The van der Waals surface area contributed by atoms with Crippen LogP contribution in [0.1, 0.15) is 20.8 Å². The average Bonchev–Trinajstić information content (AvgIpc) is 3.14. The Kier molecular flexibility index (Phi) is 5.43. The Balaban J connectivity index is 2.00. The molecule has 7 heteroatoms. The first kappa shape index (κ1) is 18.3. The van der Waals surface area contributed by atoms with E-state index in [0.717, 1.165) is 21.9 Å². The van der Waals surface area contributed by atoms with Crippen LogP contribution in [0.3, 0.4) is 0 Å². The van der Waals surface area contributed by atoms with Crippen molar-refractivity contribution in [2.75, 3.05) is 32.1 Å². The highest BCUT2D eigenvalue weighted by atomic mass is 35.5. The van der Waals surface area contributed by atoms with E-state index in [4.69, 9.17) is 16.6 Å². The van der Waals surface area contributed by atoms with E-state index in [1.165, 1.54) is 22.5 Å². The number of nitrogens with zero attached hydrogens (tertiary/aromatic N) is 3. The minimum atomic E-state index is -0.0498. The molecule has 0 aliphatic carbocycles. The Hall–Kier alpha value is -1.47. The van der Waals surface area contributed by atoms with Crippen LogP contribution in [-0.2, 0) is 0 Å². The number of benzene rings is 1. The first-order valence-corrected chi connectivity index (χ1v) is 9.96. The summed E-state index contributed by atoms with van der Waals surface area (Å²) < 4.78 is 1.72. The molecular formula is C18H20ClN3OS2. The Morgan fingerprint density at radius 3 is 2.48 bits per heavy atom. The van der Waals surface area contributed by atoms with Gasteiger partial charge in [-0.25, -0.2) is 4.98 Å². The van der Waals surface area contributed by atoms with Gasteiger partial charge < -0.3 is 4.90 Å². The van der Waals surface area contributed by atoms with E-state index >= 15 is 0 Å². The molecule has 0 saturated heterocycles. The van der Waals surface area contributed by atoms with Gasteiger partial charge in [0, 0.05) is 13.1 Å². The minimum Gasteiger partial charge on any atom is -0.308 e. The van der Waals surface area contributed by atoms with E-state index in [0.29, 0.717) is 15.8 Å². The molecule has 1 amide bonds. The van der Waals surface area contributed by atoms with Gasteiger partial charge in [-0.3, -0.25) is 9.69 Å². The fraction of sp³-hybridized carbons (Fsp3) is 0.333. The fourth-order valence-electron chi connectivity index (χ4n) is 2.43. The van der Waals surface area contributed by atoms with Gasteiger partial charge in [-0.1, -0.05) is 22.9 Å². The summed E-state index contributed by atoms with van der Waals surface area (Å²) in [6, 6.07) is 7.76. The number of thiophene rings is 1. The summed E-state index contributed by atoms with van der Waals surface area (Å²) >= 11 is 8.87. The monoisotopic (exact) mass is 393 g/mol. The van der Waals surface area contributed by atoms with E-state index in [2.05, 4.69) is 30.9 Å². The molecule has 0 radical (unpaired) electrons. The normalized spacial score (nSPS) is 11.4. The molecule has 1 aromatic carbocycles. The van der Waals surface area contributed by atoms with Crippen molar-refractivity contribution in [1.29, 1.82) is 0 Å².